The van der Waals surface area contributed by atoms with E-state index in [9.17, 15) is 0 Å². The molecule has 0 saturated heterocycles. The molecule has 5 nitrogen and oxygen atoms in total. The van der Waals surface area contributed by atoms with Crippen molar-refractivity contribution in [2.45, 2.75) is 12.5 Å². The second-order valence-corrected chi connectivity index (χ2v) is 4.95. The molecule has 0 radical (unpaired) electrons. The maximum atomic E-state index is 6.15. The van der Waals surface area contributed by atoms with Crippen molar-refractivity contribution >= 4 is 0 Å². The predicted molar refractivity (Wildman–Crippen MR) is 82.6 cm³/mol. The molecule has 1 atom stereocenters. The first kappa shape index (κ1) is 14.3. The predicted octanol–water partition coefficient (Wildman–Crippen LogP) is 2.72. The van der Waals surface area contributed by atoms with Crippen LogP contribution in [0.3, 0.4) is 0 Å². The summed E-state index contributed by atoms with van der Waals surface area (Å²) in [5, 5.41) is 8.13. The van der Waals surface area contributed by atoms with Crippen molar-refractivity contribution in [1.82, 2.24) is 10.2 Å². The highest BCUT2D eigenvalue weighted by molar-refractivity contribution is 5.28. The van der Waals surface area contributed by atoms with E-state index in [1.807, 2.05) is 54.6 Å². The number of hydrogen-bond acceptors (Lipinski definition) is 5. The molecule has 0 fully saturated rings. The Morgan fingerprint density at radius 3 is 2.45 bits per heavy atom. The van der Waals surface area contributed by atoms with Gasteiger partial charge in [-0.3, -0.25) is 0 Å². The quantitative estimate of drug-likeness (QED) is 0.783. The van der Waals surface area contributed by atoms with E-state index in [1.54, 1.807) is 7.11 Å². The fraction of sp³-hybridized carbons (Fsp3) is 0.176. The van der Waals surface area contributed by atoms with E-state index < -0.39 is 6.04 Å². The van der Waals surface area contributed by atoms with E-state index in [2.05, 4.69) is 10.2 Å². The number of aromatic nitrogens is 2. The molecule has 1 heterocycles. The van der Waals surface area contributed by atoms with Gasteiger partial charge in [-0.2, -0.15) is 0 Å². The molecule has 3 aromatic rings. The molecular weight excluding hydrogens is 278 g/mol. The van der Waals surface area contributed by atoms with Gasteiger partial charge in [0.25, 0.3) is 0 Å². The number of methoxy groups -OCH3 is 1. The third-order valence-corrected chi connectivity index (χ3v) is 3.42. The number of nitrogens with zero attached hydrogens (tertiary/aromatic N) is 2. The van der Waals surface area contributed by atoms with Crippen molar-refractivity contribution < 1.29 is 9.15 Å². The molecule has 0 aliphatic carbocycles. The first-order chi connectivity index (χ1) is 10.8. The summed E-state index contributed by atoms with van der Waals surface area (Å²) in [5.74, 6) is 1.79. The second kappa shape index (κ2) is 6.41. The summed E-state index contributed by atoms with van der Waals surface area (Å²) in [6, 6.07) is 17.0. The minimum atomic E-state index is -0.404. The number of nitrogens with two attached hydrogens (primary N) is 1. The molecule has 112 valence electrons. The van der Waals surface area contributed by atoms with Gasteiger partial charge in [0.2, 0.25) is 11.8 Å². The second-order valence-electron chi connectivity index (χ2n) is 4.95. The maximum absolute atomic E-state index is 6.15. The summed E-state index contributed by atoms with van der Waals surface area (Å²) in [6.07, 6.45) is 0.568. The zero-order chi connectivity index (χ0) is 15.4. The molecule has 0 amide bonds. The van der Waals surface area contributed by atoms with Crippen molar-refractivity contribution in [2.75, 3.05) is 7.11 Å². The third-order valence-electron chi connectivity index (χ3n) is 3.42. The molecular formula is C17H17N3O2. The van der Waals surface area contributed by atoms with Crippen LogP contribution in [0.2, 0.25) is 0 Å². The molecule has 3 rings (SSSR count). The van der Waals surface area contributed by atoms with Crippen LogP contribution < -0.4 is 10.5 Å². The molecule has 0 spiro atoms. The monoisotopic (exact) mass is 295 g/mol. The van der Waals surface area contributed by atoms with Crippen LogP contribution in [0.25, 0.3) is 0 Å². The summed E-state index contributed by atoms with van der Waals surface area (Å²) < 4.78 is 10.8. The van der Waals surface area contributed by atoms with Crippen LogP contribution in [-0.4, -0.2) is 17.3 Å². The number of benzene rings is 2. The molecule has 0 saturated carbocycles. The molecule has 0 bridgehead atoms. The summed E-state index contributed by atoms with van der Waals surface area (Å²) in [5.41, 5.74) is 8.17. The Hall–Kier alpha value is -2.66. The van der Waals surface area contributed by atoms with Crippen molar-refractivity contribution in [3.8, 4) is 5.75 Å². The molecule has 2 N–H and O–H groups in total. The zero-order valence-corrected chi connectivity index (χ0v) is 12.3. The number of ether oxygens (including phenoxy) is 1. The number of rotatable bonds is 5. The highest BCUT2D eigenvalue weighted by Crippen LogP contribution is 2.19. The Balaban J connectivity index is 1.73. The van der Waals surface area contributed by atoms with Crippen LogP contribution in [0.15, 0.2) is 59.0 Å². The van der Waals surface area contributed by atoms with Crippen LogP contribution in [0.1, 0.15) is 29.0 Å². The number of hydrogen-bond donors (Lipinski definition) is 1. The van der Waals surface area contributed by atoms with E-state index in [1.165, 1.54) is 0 Å². The minimum absolute atomic E-state index is 0.404. The highest BCUT2D eigenvalue weighted by atomic mass is 16.5. The van der Waals surface area contributed by atoms with E-state index >= 15 is 0 Å². The van der Waals surface area contributed by atoms with E-state index in [4.69, 9.17) is 14.9 Å². The smallest absolute Gasteiger partial charge is 0.237 e. The Morgan fingerprint density at radius 2 is 1.77 bits per heavy atom. The van der Waals surface area contributed by atoms with E-state index in [0.717, 1.165) is 16.9 Å². The Kier molecular flexibility index (Phi) is 4.16. The molecule has 22 heavy (non-hydrogen) atoms. The van der Waals surface area contributed by atoms with Gasteiger partial charge in [-0.25, -0.2) is 0 Å². The molecule has 0 aliphatic heterocycles. The van der Waals surface area contributed by atoms with Crippen LogP contribution in [0.4, 0.5) is 0 Å². The Bertz CT molecular complexity index is 723. The molecule has 0 aliphatic rings. The topological polar surface area (TPSA) is 74.2 Å². The summed E-state index contributed by atoms with van der Waals surface area (Å²) in [7, 11) is 1.64. The fourth-order valence-electron chi connectivity index (χ4n) is 2.18. The van der Waals surface area contributed by atoms with Gasteiger partial charge in [-0.15, -0.1) is 10.2 Å². The van der Waals surface area contributed by atoms with Crippen molar-refractivity contribution in [3.05, 3.63) is 77.5 Å². The first-order valence-corrected chi connectivity index (χ1v) is 7.02. The average Bonchev–Trinajstić information content (AvgIpc) is 3.04. The molecule has 1 aromatic heterocycles. The summed E-state index contributed by atoms with van der Waals surface area (Å²) in [6.45, 7) is 0. The molecule has 2 aromatic carbocycles. The van der Waals surface area contributed by atoms with Gasteiger partial charge in [0, 0.05) is 0 Å². The van der Waals surface area contributed by atoms with E-state index in [-0.39, 0.29) is 0 Å². The third kappa shape index (κ3) is 3.15. The normalized spacial score (nSPS) is 12.1. The van der Waals surface area contributed by atoms with Crippen molar-refractivity contribution in [3.63, 3.8) is 0 Å². The highest BCUT2D eigenvalue weighted by Gasteiger charge is 2.16. The Labute approximate surface area is 128 Å². The average molecular weight is 295 g/mol. The van der Waals surface area contributed by atoms with Gasteiger partial charge >= 0.3 is 0 Å². The van der Waals surface area contributed by atoms with Crippen LogP contribution in [0.5, 0.6) is 5.75 Å². The Morgan fingerprint density at radius 1 is 1.05 bits per heavy atom. The van der Waals surface area contributed by atoms with Gasteiger partial charge in [0.15, 0.2) is 0 Å². The largest absolute Gasteiger partial charge is 0.497 e. The summed E-state index contributed by atoms with van der Waals surface area (Å²) >= 11 is 0. The van der Waals surface area contributed by atoms with Gasteiger partial charge < -0.3 is 14.9 Å². The minimum Gasteiger partial charge on any atom is -0.497 e. The van der Waals surface area contributed by atoms with Gasteiger partial charge in [0.1, 0.15) is 11.8 Å². The van der Waals surface area contributed by atoms with Crippen LogP contribution >= 0.6 is 0 Å². The van der Waals surface area contributed by atoms with Gasteiger partial charge in [0.05, 0.1) is 13.5 Å². The first-order valence-electron chi connectivity index (χ1n) is 7.02. The lowest BCUT2D eigenvalue weighted by molar-refractivity contribution is 0.414. The van der Waals surface area contributed by atoms with Crippen LogP contribution in [0, 0.1) is 0 Å². The van der Waals surface area contributed by atoms with E-state index in [0.29, 0.717) is 18.2 Å². The molecule has 5 heteroatoms. The summed E-state index contributed by atoms with van der Waals surface area (Å²) in [4.78, 5) is 0. The zero-order valence-electron chi connectivity index (χ0n) is 12.3. The molecule has 1 unspecified atom stereocenters. The lowest BCUT2D eigenvalue weighted by Gasteiger charge is -2.06. The maximum Gasteiger partial charge on any atom is 0.237 e. The standard InChI is InChI=1S/C17H17N3O2/c1-21-14-9-7-12(8-10-14)11-15-19-20-17(22-15)16(18)13-5-3-2-4-6-13/h2-10,16H,11,18H2,1H3. The van der Waals surface area contributed by atoms with Gasteiger partial charge in [-0.05, 0) is 23.3 Å². The van der Waals surface area contributed by atoms with Crippen molar-refractivity contribution in [2.24, 2.45) is 5.73 Å². The van der Waals surface area contributed by atoms with Gasteiger partial charge in [-0.1, -0.05) is 42.5 Å². The lowest BCUT2D eigenvalue weighted by atomic mass is 10.1. The lowest BCUT2D eigenvalue weighted by Crippen LogP contribution is -2.11. The van der Waals surface area contributed by atoms with Crippen molar-refractivity contribution in [1.29, 1.82) is 0 Å². The van der Waals surface area contributed by atoms with Crippen LogP contribution in [-0.2, 0) is 6.42 Å². The SMILES string of the molecule is COc1ccc(Cc2nnc(C(N)c3ccccc3)o2)cc1. The fourth-order valence-corrected chi connectivity index (χ4v) is 2.18.